The lowest BCUT2D eigenvalue weighted by molar-refractivity contribution is -0.114. The van der Waals surface area contributed by atoms with E-state index < -0.39 is 0 Å². The number of pyridine rings is 1. The Labute approximate surface area is 106 Å². The van der Waals surface area contributed by atoms with Crippen molar-refractivity contribution in [2.24, 2.45) is 0 Å². The second kappa shape index (κ2) is 5.82. The van der Waals surface area contributed by atoms with Crippen molar-refractivity contribution < 1.29 is 4.79 Å². The SMILES string of the molecule is CC(=O)Nc1ccc(NCc2ccccc2)cn1. The third kappa shape index (κ3) is 3.59. The second-order valence-corrected chi connectivity index (χ2v) is 3.95. The first-order valence-electron chi connectivity index (χ1n) is 5.75. The molecule has 18 heavy (non-hydrogen) atoms. The molecule has 0 unspecified atom stereocenters. The van der Waals surface area contributed by atoms with E-state index in [2.05, 4.69) is 27.8 Å². The van der Waals surface area contributed by atoms with Crippen molar-refractivity contribution in [1.82, 2.24) is 4.98 Å². The molecule has 2 rings (SSSR count). The minimum atomic E-state index is -0.118. The summed E-state index contributed by atoms with van der Waals surface area (Å²) in [6.07, 6.45) is 1.70. The molecule has 0 radical (unpaired) electrons. The van der Waals surface area contributed by atoms with Crippen LogP contribution in [-0.2, 0) is 11.3 Å². The van der Waals surface area contributed by atoms with E-state index in [4.69, 9.17) is 0 Å². The van der Waals surface area contributed by atoms with Crippen molar-refractivity contribution in [1.29, 1.82) is 0 Å². The van der Waals surface area contributed by atoms with Gasteiger partial charge in [-0.3, -0.25) is 4.79 Å². The molecule has 0 aliphatic carbocycles. The molecule has 0 spiro atoms. The van der Waals surface area contributed by atoms with Gasteiger partial charge in [-0.2, -0.15) is 0 Å². The summed E-state index contributed by atoms with van der Waals surface area (Å²) in [7, 11) is 0. The molecule has 0 atom stereocenters. The number of hydrogen-bond donors (Lipinski definition) is 2. The fraction of sp³-hybridized carbons (Fsp3) is 0.143. The molecule has 1 heterocycles. The molecule has 0 fully saturated rings. The van der Waals surface area contributed by atoms with Crippen molar-refractivity contribution in [2.45, 2.75) is 13.5 Å². The second-order valence-electron chi connectivity index (χ2n) is 3.95. The number of aromatic nitrogens is 1. The molecule has 92 valence electrons. The molecule has 0 saturated heterocycles. The fourth-order valence-corrected chi connectivity index (χ4v) is 1.55. The number of nitrogens with zero attached hydrogens (tertiary/aromatic N) is 1. The first kappa shape index (κ1) is 12.1. The average Bonchev–Trinajstić information content (AvgIpc) is 2.38. The van der Waals surface area contributed by atoms with Crippen LogP contribution in [0.25, 0.3) is 0 Å². The lowest BCUT2D eigenvalue weighted by Crippen LogP contribution is -2.07. The van der Waals surface area contributed by atoms with Crippen molar-refractivity contribution in [3.05, 3.63) is 54.2 Å². The summed E-state index contributed by atoms with van der Waals surface area (Å²) in [4.78, 5) is 15.0. The van der Waals surface area contributed by atoms with Gasteiger partial charge in [-0.05, 0) is 17.7 Å². The average molecular weight is 241 g/mol. The molecule has 1 aromatic heterocycles. The van der Waals surface area contributed by atoms with Crippen LogP contribution in [-0.4, -0.2) is 10.9 Å². The predicted octanol–water partition coefficient (Wildman–Crippen LogP) is 2.65. The monoisotopic (exact) mass is 241 g/mol. The van der Waals surface area contributed by atoms with Crippen LogP contribution in [0.2, 0.25) is 0 Å². The molecule has 0 saturated carbocycles. The number of anilines is 2. The Balaban J connectivity index is 1.92. The molecular formula is C14H15N3O. The summed E-state index contributed by atoms with van der Waals surface area (Å²) >= 11 is 0. The maximum absolute atomic E-state index is 10.8. The maximum atomic E-state index is 10.8. The van der Waals surface area contributed by atoms with Gasteiger partial charge in [0.1, 0.15) is 5.82 Å². The van der Waals surface area contributed by atoms with Crippen LogP contribution in [0.3, 0.4) is 0 Å². The highest BCUT2D eigenvalue weighted by molar-refractivity contribution is 5.87. The number of rotatable bonds is 4. The van der Waals surface area contributed by atoms with Crippen molar-refractivity contribution in [2.75, 3.05) is 10.6 Å². The van der Waals surface area contributed by atoms with Gasteiger partial charge in [0, 0.05) is 13.5 Å². The highest BCUT2D eigenvalue weighted by Gasteiger charge is 1.97. The Morgan fingerprint density at radius 3 is 2.56 bits per heavy atom. The van der Waals surface area contributed by atoms with Gasteiger partial charge in [-0.25, -0.2) is 4.98 Å². The van der Waals surface area contributed by atoms with Gasteiger partial charge in [0.05, 0.1) is 11.9 Å². The van der Waals surface area contributed by atoms with E-state index in [1.807, 2.05) is 24.3 Å². The third-order valence-corrected chi connectivity index (χ3v) is 2.41. The van der Waals surface area contributed by atoms with Crippen LogP contribution in [0.15, 0.2) is 48.7 Å². The summed E-state index contributed by atoms with van der Waals surface area (Å²) in [6.45, 7) is 2.21. The normalized spacial score (nSPS) is 9.83. The summed E-state index contributed by atoms with van der Waals surface area (Å²) in [5.74, 6) is 0.445. The van der Waals surface area contributed by atoms with E-state index >= 15 is 0 Å². The molecular weight excluding hydrogens is 226 g/mol. The minimum absolute atomic E-state index is 0.118. The van der Waals surface area contributed by atoms with Gasteiger partial charge in [-0.15, -0.1) is 0 Å². The molecule has 0 bridgehead atoms. The topological polar surface area (TPSA) is 54.0 Å². The lowest BCUT2D eigenvalue weighted by atomic mass is 10.2. The molecule has 4 heteroatoms. The zero-order chi connectivity index (χ0) is 12.8. The van der Waals surface area contributed by atoms with Crippen LogP contribution >= 0.6 is 0 Å². The largest absolute Gasteiger partial charge is 0.380 e. The smallest absolute Gasteiger partial charge is 0.222 e. The van der Waals surface area contributed by atoms with Crippen LogP contribution in [0.4, 0.5) is 11.5 Å². The van der Waals surface area contributed by atoms with E-state index in [-0.39, 0.29) is 5.91 Å². The van der Waals surface area contributed by atoms with Crippen LogP contribution in [0.1, 0.15) is 12.5 Å². The predicted molar refractivity (Wildman–Crippen MR) is 72.3 cm³/mol. The van der Waals surface area contributed by atoms with Crippen molar-refractivity contribution >= 4 is 17.4 Å². The number of hydrogen-bond acceptors (Lipinski definition) is 3. The number of benzene rings is 1. The number of amides is 1. The van der Waals surface area contributed by atoms with Crippen LogP contribution in [0, 0.1) is 0 Å². The standard InChI is InChI=1S/C14H15N3O/c1-11(18)17-14-8-7-13(10-16-14)15-9-12-5-3-2-4-6-12/h2-8,10,15H,9H2,1H3,(H,16,17,18). The summed E-state index contributed by atoms with van der Waals surface area (Å²) in [5.41, 5.74) is 2.14. The Morgan fingerprint density at radius 1 is 1.17 bits per heavy atom. The van der Waals surface area contributed by atoms with Crippen molar-refractivity contribution in [3.63, 3.8) is 0 Å². The summed E-state index contributed by atoms with van der Waals surface area (Å²) in [5, 5.41) is 5.89. The molecule has 1 aromatic carbocycles. The Hall–Kier alpha value is -2.36. The van der Waals surface area contributed by atoms with E-state index in [9.17, 15) is 4.79 Å². The summed E-state index contributed by atoms with van der Waals surface area (Å²) < 4.78 is 0. The zero-order valence-corrected chi connectivity index (χ0v) is 10.2. The van der Waals surface area contributed by atoms with E-state index in [1.165, 1.54) is 12.5 Å². The van der Waals surface area contributed by atoms with Gasteiger partial charge in [0.25, 0.3) is 0 Å². The summed E-state index contributed by atoms with van der Waals surface area (Å²) in [6, 6.07) is 13.8. The fourth-order valence-electron chi connectivity index (χ4n) is 1.55. The number of carbonyl (C=O) groups excluding carboxylic acids is 1. The zero-order valence-electron chi connectivity index (χ0n) is 10.2. The highest BCUT2D eigenvalue weighted by atomic mass is 16.1. The first-order chi connectivity index (χ1) is 8.74. The highest BCUT2D eigenvalue weighted by Crippen LogP contribution is 2.11. The van der Waals surface area contributed by atoms with Crippen LogP contribution < -0.4 is 10.6 Å². The third-order valence-electron chi connectivity index (χ3n) is 2.41. The number of carbonyl (C=O) groups is 1. The molecule has 2 aromatic rings. The van der Waals surface area contributed by atoms with E-state index in [0.717, 1.165) is 12.2 Å². The van der Waals surface area contributed by atoms with Gasteiger partial charge in [0.2, 0.25) is 5.91 Å². The van der Waals surface area contributed by atoms with Crippen LogP contribution in [0.5, 0.6) is 0 Å². The Morgan fingerprint density at radius 2 is 1.94 bits per heavy atom. The molecule has 0 aliphatic heterocycles. The van der Waals surface area contributed by atoms with E-state index in [1.54, 1.807) is 12.3 Å². The van der Waals surface area contributed by atoms with Gasteiger partial charge < -0.3 is 10.6 Å². The van der Waals surface area contributed by atoms with Crippen molar-refractivity contribution in [3.8, 4) is 0 Å². The Bertz CT molecular complexity index is 508. The lowest BCUT2D eigenvalue weighted by Gasteiger charge is -2.07. The maximum Gasteiger partial charge on any atom is 0.222 e. The number of nitrogens with one attached hydrogen (secondary N) is 2. The van der Waals surface area contributed by atoms with E-state index in [0.29, 0.717) is 5.82 Å². The van der Waals surface area contributed by atoms with Gasteiger partial charge >= 0.3 is 0 Å². The quantitative estimate of drug-likeness (QED) is 0.865. The molecule has 2 N–H and O–H groups in total. The molecule has 4 nitrogen and oxygen atoms in total. The molecule has 0 aliphatic rings. The van der Waals surface area contributed by atoms with Gasteiger partial charge in [0.15, 0.2) is 0 Å². The molecule has 1 amide bonds. The Kier molecular flexibility index (Phi) is 3.91. The first-order valence-corrected chi connectivity index (χ1v) is 5.75. The van der Waals surface area contributed by atoms with Gasteiger partial charge in [-0.1, -0.05) is 30.3 Å². The minimum Gasteiger partial charge on any atom is -0.380 e.